The number of anilines is 1. The van der Waals surface area contributed by atoms with Gasteiger partial charge in [-0.2, -0.15) is 5.26 Å². The third kappa shape index (κ3) is 2.24. The van der Waals surface area contributed by atoms with Crippen LogP contribution < -0.4 is 15.4 Å². The van der Waals surface area contributed by atoms with Crippen LogP contribution in [0.1, 0.15) is 51.7 Å². The predicted octanol–water partition coefficient (Wildman–Crippen LogP) is 3.45. The second-order valence-electron chi connectivity index (χ2n) is 9.63. The van der Waals surface area contributed by atoms with E-state index in [1.165, 1.54) is 0 Å². The molecule has 7 heteroatoms. The van der Waals surface area contributed by atoms with Crippen molar-refractivity contribution in [1.82, 2.24) is 0 Å². The zero-order valence-corrected chi connectivity index (χ0v) is 18.8. The lowest BCUT2D eigenvalue weighted by atomic mass is 9.64. The minimum atomic E-state index is -1.64. The van der Waals surface area contributed by atoms with E-state index in [1.807, 2.05) is 39.8 Å². The third-order valence-corrected chi connectivity index (χ3v) is 7.01. The number of hydrogen-bond acceptors (Lipinski definition) is 6. The van der Waals surface area contributed by atoms with Gasteiger partial charge in [0, 0.05) is 24.0 Å². The van der Waals surface area contributed by atoms with Crippen molar-refractivity contribution in [3.05, 3.63) is 52.1 Å². The Kier molecular flexibility index (Phi) is 3.98. The summed E-state index contributed by atoms with van der Waals surface area (Å²) in [5.41, 5.74) is 7.21. The Morgan fingerprint density at radius 1 is 1.28 bits per heavy atom. The molecule has 0 bridgehead atoms. The first-order chi connectivity index (χ1) is 15.1. The van der Waals surface area contributed by atoms with Crippen LogP contribution in [0.4, 0.5) is 5.69 Å². The van der Waals surface area contributed by atoms with E-state index in [0.717, 1.165) is 11.1 Å². The quantitative estimate of drug-likeness (QED) is 0.730. The molecule has 164 valence electrons. The highest BCUT2D eigenvalue weighted by molar-refractivity contribution is 6.22. The van der Waals surface area contributed by atoms with Gasteiger partial charge in [0.25, 0.3) is 0 Å². The van der Waals surface area contributed by atoms with E-state index in [9.17, 15) is 14.9 Å². The second kappa shape index (κ2) is 6.26. The average molecular weight is 431 g/mol. The maximum atomic E-state index is 14.4. The molecule has 0 saturated carbocycles. The number of hydrogen-bond donors (Lipinski definition) is 1. The molecule has 0 aromatic heterocycles. The Hall–Kier alpha value is -3.53. The number of methoxy groups -OCH3 is 1. The van der Waals surface area contributed by atoms with E-state index >= 15 is 0 Å². The first-order valence-corrected chi connectivity index (χ1v) is 10.7. The molecule has 7 nitrogen and oxygen atoms in total. The largest absolute Gasteiger partial charge is 0.497 e. The molecule has 0 saturated heterocycles. The fourth-order valence-electron chi connectivity index (χ4n) is 5.85. The van der Waals surface area contributed by atoms with E-state index in [0.29, 0.717) is 29.2 Å². The van der Waals surface area contributed by atoms with Gasteiger partial charge in [0.05, 0.1) is 23.9 Å². The van der Waals surface area contributed by atoms with Crippen molar-refractivity contribution in [2.75, 3.05) is 12.0 Å². The van der Waals surface area contributed by atoms with E-state index in [1.54, 1.807) is 18.1 Å². The standard InChI is InChI=1S/C25H25N3O4/c1-12-6-18(29)20-19(7-12)32-22(27)17(11-26)25(20)16-9-14(31-5)8-15-13(2)10-24(3,4)28(21(15)16)23(25)30/h8-10,12H,6-7,27H2,1-5H3/t12-,25-/m1/s1. The van der Waals surface area contributed by atoms with Crippen LogP contribution in [-0.2, 0) is 19.7 Å². The lowest BCUT2D eigenvalue weighted by Crippen LogP contribution is -2.54. The number of Topliss-reactive ketones (excluding diaryl/α,β-unsaturated/α-hetero) is 1. The molecule has 2 atom stereocenters. The summed E-state index contributed by atoms with van der Waals surface area (Å²) in [4.78, 5) is 29.6. The van der Waals surface area contributed by atoms with Crippen LogP contribution >= 0.6 is 0 Å². The van der Waals surface area contributed by atoms with Crippen molar-refractivity contribution in [1.29, 1.82) is 5.26 Å². The average Bonchev–Trinajstić information content (AvgIpc) is 2.95. The first-order valence-electron chi connectivity index (χ1n) is 10.7. The summed E-state index contributed by atoms with van der Waals surface area (Å²) in [5.74, 6) is 0.318. The number of carbonyl (C=O) groups is 2. The molecule has 3 heterocycles. The van der Waals surface area contributed by atoms with Crippen molar-refractivity contribution < 1.29 is 19.1 Å². The number of benzene rings is 1. The first kappa shape index (κ1) is 20.4. The van der Waals surface area contributed by atoms with Crippen LogP contribution in [0.3, 0.4) is 0 Å². The van der Waals surface area contributed by atoms with Gasteiger partial charge in [-0.3, -0.25) is 9.59 Å². The number of nitrogens with two attached hydrogens (primary N) is 1. The molecule has 1 aromatic carbocycles. The molecule has 1 aliphatic carbocycles. The number of rotatable bonds is 1. The maximum absolute atomic E-state index is 14.4. The number of nitriles is 1. The molecule has 0 fully saturated rings. The Morgan fingerprint density at radius 2 is 2.00 bits per heavy atom. The Balaban J connectivity index is 1.97. The van der Waals surface area contributed by atoms with Crippen LogP contribution in [0.25, 0.3) is 5.57 Å². The Labute approximate surface area is 186 Å². The summed E-state index contributed by atoms with van der Waals surface area (Å²) in [5, 5.41) is 10.2. The van der Waals surface area contributed by atoms with Crippen LogP contribution in [0, 0.1) is 17.2 Å². The van der Waals surface area contributed by atoms with Crippen molar-refractivity contribution in [2.45, 2.75) is 51.5 Å². The molecule has 1 aromatic rings. The van der Waals surface area contributed by atoms with Gasteiger partial charge in [-0.05, 0) is 44.4 Å². The number of nitrogens with zero attached hydrogens (tertiary/aromatic N) is 2. The van der Waals surface area contributed by atoms with Crippen LogP contribution in [0.5, 0.6) is 5.75 Å². The number of ketones is 1. The summed E-state index contributed by atoms with van der Waals surface area (Å²) in [6.45, 7) is 7.84. The lowest BCUT2D eigenvalue weighted by molar-refractivity contribution is -0.125. The molecule has 3 aliphatic heterocycles. The molecule has 4 aliphatic rings. The zero-order valence-electron chi connectivity index (χ0n) is 18.8. The third-order valence-electron chi connectivity index (χ3n) is 7.01. The summed E-state index contributed by atoms with van der Waals surface area (Å²) < 4.78 is 11.4. The highest BCUT2D eigenvalue weighted by Crippen LogP contribution is 2.60. The van der Waals surface area contributed by atoms with Gasteiger partial charge in [-0.1, -0.05) is 13.0 Å². The fourth-order valence-corrected chi connectivity index (χ4v) is 5.85. The molecule has 0 unspecified atom stereocenters. The molecule has 1 spiro atoms. The summed E-state index contributed by atoms with van der Waals surface area (Å²) >= 11 is 0. The number of carbonyl (C=O) groups excluding carboxylic acids is 2. The minimum Gasteiger partial charge on any atom is -0.497 e. The molecule has 0 radical (unpaired) electrons. The Bertz CT molecular complexity index is 1260. The van der Waals surface area contributed by atoms with Gasteiger partial charge in [0.15, 0.2) is 5.78 Å². The van der Waals surface area contributed by atoms with Gasteiger partial charge >= 0.3 is 0 Å². The zero-order chi connectivity index (χ0) is 23.2. The van der Waals surface area contributed by atoms with Gasteiger partial charge in [-0.25, -0.2) is 0 Å². The van der Waals surface area contributed by atoms with Crippen LogP contribution in [0.2, 0.25) is 0 Å². The fraction of sp³-hybridized carbons (Fsp3) is 0.400. The summed E-state index contributed by atoms with van der Waals surface area (Å²) in [6.07, 6.45) is 2.78. The number of ether oxygens (including phenoxy) is 2. The van der Waals surface area contributed by atoms with E-state index in [4.69, 9.17) is 15.2 Å². The van der Waals surface area contributed by atoms with Crippen molar-refractivity contribution >= 4 is 23.0 Å². The molecular weight excluding hydrogens is 406 g/mol. The van der Waals surface area contributed by atoms with E-state index < -0.39 is 11.0 Å². The SMILES string of the molecule is COc1cc2c3c(c1)[C@@]1(C(=O)N3C(C)(C)C=C2C)C(C#N)=C(N)OC2=C1C(=O)C[C@@H](C)C2. The summed E-state index contributed by atoms with van der Waals surface area (Å²) in [7, 11) is 1.55. The monoisotopic (exact) mass is 431 g/mol. The highest BCUT2D eigenvalue weighted by atomic mass is 16.5. The van der Waals surface area contributed by atoms with Gasteiger partial charge in [-0.15, -0.1) is 0 Å². The second-order valence-corrected chi connectivity index (χ2v) is 9.63. The van der Waals surface area contributed by atoms with Crippen molar-refractivity contribution in [3.8, 4) is 11.8 Å². The smallest absolute Gasteiger partial charge is 0.248 e. The topological polar surface area (TPSA) is 106 Å². The molecular formula is C25H25N3O4. The van der Waals surface area contributed by atoms with E-state index in [-0.39, 0.29) is 41.1 Å². The number of amides is 1. The molecule has 1 amide bonds. The van der Waals surface area contributed by atoms with Crippen molar-refractivity contribution in [2.24, 2.45) is 11.7 Å². The number of allylic oxidation sites excluding steroid dienone is 2. The van der Waals surface area contributed by atoms with Gasteiger partial charge < -0.3 is 20.1 Å². The molecule has 5 rings (SSSR count). The van der Waals surface area contributed by atoms with E-state index in [2.05, 4.69) is 6.07 Å². The molecule has 2 N–H and O–H groups in total. The van der Waals surface area contributed by atoms with Gasteiger partial charge in [0.2, 0.25) is 11.8 Å². The van der Waals surface area contributed by atoms with Crippen LogP contribution in [-0.4, -0.2) is 24.3 Å². The lowest BCUT2D eigenvalue weighted by Gasteiger charge is -2.41. The minimum absolute atomic E-state index is 0.0394. The van der Waals surface area contributed by atoms with Crippen molar-refractivity contribution in [3.63, 3.8) is 0 Å². The Morgan fingerprint density at radius 3 is 2.66 bits per heavy atom. The summed E-state index contributed by atoms with van der Waals surface area (Å²) in [6, 6.07) is 5.77. The van der Waals surface area contributed by atoms with Crippen LogP contribution in [0.15, 0.2) is 41.0 Å². The highest BCUT2D eigenvalue weighted by Gasteiger charge is 2.65. The molecule has 32 heavy (non-hydrogen) atoms. The predicted molar refractivity (Wildman–Crippen MR) is 118 cm³/mol. The van der Waals surface area contributed by atoms with Gasteiger partial charge in [0.1, 0.15) is 28.6 Å². The normalized spacial score (nSPS) is 27.7. The maximum Gasteiger partial charge on any atom is 0.248 e. The number of fused-ring (bicyclic) bond motifs is 2.